The summed E-state index contributed by atoms with van der Waals surface area (Å²) in [4.78, 5) is 4.22. The average molecular weight is 282 g/mol. The van der Waals surface area contributed by atoms with Crippen LogP contribution in [0, 0.1) is 11.3 Å². The molecule has 0 aliphatic rings. The molecule has 2 N–H and O–H groups in total. The second kappa shape index (κ2) is 6.66. The lowest BCUT2D eigenvalue weighted by atomic mass is 10.0. The van der Waals surface area contributed by atoms with E-state index in [9.17, 15) is 5.26 Å². The summed E-state index contributed by atoms with van der Waals surface area (Å²) in [5.74, 6) is 1.26. The average Bonchev–Trinajstić information content (AvgIpc) is 2.54. The lowest BCUT2D eigenvalue weighted by Crippen LogP contribution is -2.07. The maximum Gasteiger partial charge on any atom is 0.171 e. The fourth-order valence-electron chi connectivity index (χ4n) is 2.13. The van der Waals surface area contributed by atoms with Gasteiger partial charge in [-0.2, -0.15) is 10.4 Å². The lowest BCUT2D eigenvalue weighted by molar-refractivity contribution is 0.877. The maximum absolute atomic E-state index is 9.43. The minimum atomic E-state index is 0.477. The molecule has 0 aliphatic carbocycles. The van der Waals surface area contributed by atoms with E-state index in [4.69, 9.17) is 0 Å². The Morgan fingerprint density at radius 3 is 2.52 bits per heavy atom. The van der Waals surface area contributed by atoms with Gasteiger partial charge in [-0.3, -0.25) is 0 Å². The zero-order valence-electron chi connectivity index (χ0n) is 12.4. The summed E-state index contributed by atoms with van der Waals surface area (Å²) in [6.45, 7) is 4.03. The Morgan fingerprint density at radius 1 is 1.19 bits per heavy atom. The van der Waals surface area contributed by atoms with Crippen molar-refractivity contribution in [3.8, 4) is 6.07 Å². The molecule has 0 saturated carbocycles. The zero-order valence-corrected chi connectivity index (χ0v) is 12.4. The molecule has 0 aromatic carbocycles. The van der Waals surface area contributed by atoms with Gasteiger partial charge < -0.3 is 10.6 Å². The van der Waals surface area contributed by atoms with Gasteiger partial charge in [-0.05, 0) is 30.5 Å². The quantitative estimate of drug-likeness (QED) is 0.876. The van der Waals surface area contributed by atoms with E-state index < -0.39 is 0 Å². The predicted octanol–water partition coefficient (Wildman–Crippen LogP) is 2.65. The van der Waals surface area contributed by atoms with Crippen molar-refractivity contribution in [3.05, 3.63) is 35.2 Å². The van der Waals surface area contributed by atoms with E-state index in [1.807, 2.05) is 33.0 Å². The third kappa shape index (κ3) is 3.08. The standard InChI is InChI=1S/C15H18N6/c1-4-11-12(8-16)15(21-20-13(11)5-2)19-10-6-7-14(17-3)18-9-10/h6-7,9H,4-5H2,1-3H3,(H,17,18)(H,19,21). The van der Waals surface area contributed by atoms with Crippen molar-refractivity contribution in [3.63, 3.8) is 0 Å². The Bertz CT molecular complexity index is 657. The molecular weight excluding hydrogens is 264 g/mol. The van der Waals surface area contributed by atoms with Gasteiger partial charge in [-0.1, -0.05) is 13.8 Å². The first-order chi connectivity index (χ1) is 10.2. The number of nitriles is 1. The van der Waals surface area contributed by atoms with Gasteiger partial charge in [-0.25, -0.2) is 4.98 Å². The van der Waals surface area contributed by atoms with Gasteiger partial charge in [0.2, 0.25) is 0 Å². The molecule has 0 radical (unpaired) electrons. The van der Waals surface area contributed by atoms with Crippen molar-refractivity contribution < 1.29 is 0 Å². The summed E-state index contributed by atoms with van der Waals surface area (Å²) in [5.41, 5.74) is 3.16. The number of hydrogen-bond acceptors (Lipinski definition) is 6. The summed E-state index contributed by atoms with van der Waals surface area (Å²) in [6, 6.07) is 5.96. The Balaban J connectivity index is 2.37. The highest BCUT2D eigenvalue weighted by Crippen LogP contribution is 2.23. The fourth-order valence-corrected chi connectivity index (χ4v) is 2.13. The van der Waals surface area contributed by atoms with E-state index in [0.717, 1.165) is 35.6 Å². The largest absolute Gasteiger partial charge is 0.373 e. The van der Waals surface area contributed by atoms with E-state index in [2.05, 4.69) is 31.9 Å². The van der Waals surface area contributed by atoms with Crippen LogP contribution in [0.1, 0.15) is 30.7 Å². The van der Waals surface area contributed by atoms with Crippen molar-refractivity contribution in [1.82, 2.24) is 15.2 Å². The van der Waals surface area contributed by atoms with E-state index in [1.54, 1.807) is 6.20 Å². The number of rotatable bonds is 5. The molecular formula is C15H18N6. The van der Waals surface area contributed by atoms with Crippen LogP contribution >= 0.6 is 0 Å². The SMILES string of the molecule is CCc1nnc(Nc2ccc(NC)nc2)c(C#N)c1CC. The first kappa shape index (κ1) is 14.7. The van der Waals surface area contributed by atoms with Gasteiger partial charge in [0, 0.05) is 7.05 Å². The highest BCUT2D eigenvalue weighted by molar-refractivity contribution is 5.64. The van der Waals surface area contributed by atoms with Crippen molar-refractivity contribution in [1.29, 1.82) is 5.26 Å². The summed E-state index contributed by atoms with van der Waals surface area (Å²) in [6.07, 6.45) is 3.21. The number of aromatic nitrogens is 3. The molecule has 0 amide bonds. The van der Waals surface area contributed by atoms with Crippen LogP contribution < -0.4 is 10.6 Å². The summed E-state index contributed by atoms with van der Waals surface area (Å²) < 4.78 is 0. The van der Waals surface area contributed by atoms with Gasteiger partial charge in [0.25, 0.3) is 0 Å². The summed E-state index contributed by atoms with van der Waals surface area (Å²) in [7, 11) is 1.81. The molecule has 0 atom stereocenters. The molecule has 0 saturated heterocycles. The molecule has 6 heteroatoms. The van der Waals surface area contributed by atoms with E-state index in [-0.39, 0.29) is 0 Å². The van der Waals surface area contributed by atoms with Gasteiger partial charge in [-0.15, -0.1) is 5.10 Å². The van der Waals surface area contributed by atoms with Gasteiger partial charge in [0.1, 0.15) is 17.5 Å². The molecule has 6 nitrogen and oxygen atoms in total. The molecule has 0 aliphatic heterocycles. The fraction of sp³-hybridized carbons (Fsp3) is 0.333. The molecule has 21 heavy (non-hydrogen) atoms. The third-order valence-corrected chi connectivity index (χ3v) is 3.24. The first-order valence-corrected chi connectivity index (χ1v) is 6.92. The molecule has 108 valence electrons. The Kier molecular flexibility index (Phi) is 4.67. The van der Waals surface area contributed by atoms with Crippen LogP contribution in [0.4, 0.5) is 17.3 Å². The molecule has 0 bridgehead atoms. The Labute approximate surface area is 124 Å². The van der Waals surface area contributed by atoms with Gasteiger partial charge >= 0.3 is 0 Å². The molecule has 0 unspecified atom stereocenters. The first-order valence-electron chi connectivity index (χ1n) is 6.92. The van der Waals surface area contributed by atoms with E-state index >= 15 is 0 Å². The minimum Gasteiger partial charge on any atom is -0.373 e. The zero-order chi connectivity index (χ0) is 15.2. The van der Waals surface area contributed by atoms with Crippen LogP contribution in [0.15, 0.2) is 18.3 Å². The van der Waals surface area contributed by atoms with Crippen LogP contribution in [0.3, 0.4) is 0 Å². The van der Waals surface area contributed by atoms with Crippen molar-refractivity contribution in [2.24, 2.45) is 0 Å². The van der Waals surface area contributed by atoms with Crippen molar-refractivity contribution in [2.75, 3.05) is 17.7 Å². The molecule has 0 fully saturated rings. The second-order valence-electron chi connectivity index (χ2n) is 4.47. The van der Waals surface area contributed by atoms with Crippen LogP contribution in [0.2, 0.25) is 0 Å². The molecule has 2 aromatic heterocycles. The highest BCUT2D eigenvalue weighted by atomic mass is 15.2. The van der Waals surface area contributed by atoms with Gasteiger partial charge in [0.15, 0.2) is 5.82 Å². The van der Waals surface area contributed by atoms with Crippen LogP contribution in [-0.2, 0) is 12.8 Å². The number of pyridine rings is 1. The lowest BCUT2D eigenvalue weighted by Gasteiger charge is -2.12. The number of nitrogens with one attached hydrogen (secondary N) is 2. The normalized spacial score (nSPS) is 10.0. The molecule has 2 aromatic rings. The highest BCUT2D eigenvalue weighted by Gasteiger charge is 2.14. The smallest absolute Gasteiger partial charge is 0.171 e. The molecule has 0 spiro atoms. The summed E-state index contributed by atoms with van der Waals surface area (Å²) >= 11 is 0. The monoisotopic (exact) mass is 282 g/mol. The van der Waals surface area contributed by atoms with Crippen molar-refractivity contribution >= 4 is 17.3 Å². The maximum atomic E-state index is 9.43. The number of anilines is 3. The Hall–Kier alpha value is -2.68. The van der Waals surface area contributed by atoms with Crippen LogP contribution in [0.25, 0.3) is 0 Å². The van der Waals surface area contributed by atoms with Crippen LogP contribution in [0.5, 0.6) is 0 Å². The van der Waals surface area contributed by atoms with E-state index in [1.165, 1.54) is 0 Å². The van der Waals surface area contributed by atoms with Crippen LogP contribution in [-0.4, -0.2) is 22.2 Å². The minimum absolute atomic E-state index is 0.477. The second-order valence-corrected chi connectivity index (χ2v) is 4.47. The van der Waals surface area contributed by atoms with E-state index in [0.29, 0.717) is 11.4 Å². The third-order valence-electron chi connectivity index (χ3n) is 3.24. The predicted molar refractivity (Wildman–Crippen MR) is 82.6 cm³/mol. The number of hydrogen-bond donors (Lipinski definition) is 2. The number of nitrogens with zero attached hydrogens (tertiary/aromatic N) is 4. The topological polar surface area (TPSA) is 86.5 Å². The number of aryl methyl sites for hydroxylation is 1. The van der Waals surface area contributed by atoms with Crippen molar-refractivity contribution in [2.45, 2.75) is 26.7 Å². The molecule has 2 heterocycles. The Morgan fingerprint density at radius 2 is 2.00 bits per heavy atom. The van der Waals surface area contributed by atoms with Gasteiger partial charge in [0.05, 0.1) is 17.6 Å². The molecule has 2 rings (SSSR count). The summed E-state index contributed by atoms with van der Waals surface area (Å²) in [5, 5.41) is 23.8.